The van der Waals surface area contributed by atoms with E-state index in [4.69, 9.17) is 4.74 Å². The fourth-order valence-electron chi connectivity index (χ4n) is 1.31. The molecule has 0 aromatic rings. The second-order valence-corrected chi connectivity index (χ2v) is 2.93. The van der Waals surface area contributed by atoms with Crippen molar-refractivity contribution in [3.8, 4) is 0 Å². The second-order valence-electron chi connectivity index (χ2n) is 2.93. The van der Waals surface area contributed by atoms with Gasteiger partial charge in [0.15, 0.2) is 0 Å². The molecule has 1 aliphatic heterocycles. The molecule has 0 aromatic carbocycles. The monoisotopic (exact) mass is 172 g/mol. The quantitative estimate of drug-likeness (QED) is 0.562. The molecule has 1 saturated heterocycles. The lowest BCUT2D eigenvalue weighted by atomic mass is 10.2. The molecule has 1 amide bonds. The maximum Gasteiger partial charge on any atom is 0.237 e. The maximum absolute atomic E-state index is 11.3. The van der Waals surface area contributed by atoms with E-state index in [0.717, 1.165) is 19.4 Å². The molecule has 0 unspecified atom stereocenters. The molecule has 4 heteroatoms. The summed E-state index contributed by atoms with van der Waals surface area (Å²) in [5.74, 6) is 0.101. The highest BCUT2D eigenvalue weighted by Crippen LogP contribution is 2.03. The first-order valence-corrected chi connectivity index (χ1v) is 4.34. The van der Waals surface area contributed by atoms with Gasteiger partial charge < -0.3 is 15.4 Å². The van der Waals surface area contributed by atoms with Gasteiger partial charge in [-0.1, -0.05) is 0 Å². The van der Waals surface area contributed by atoms with Gasteiger partial charge in [0.1, 0.15) is 0 Å². The van der Waals surface area contributed by atoms with Gasteiger partial charge in [-0.25, -0.2) is 0 Å². The van der Waals surface area contributed by atoms with Crippen molar-refractivity contribution in [2.45, 2.75) is 18.9 Å². The van der Waals surface area contributed by atoms with E-state index < -0.39 is 0 Å². The molecule has 1 fully saturated rings. The Kier molecular flexibility index (Phi) is 4.04. The van der Waals surface area contributed by atoms with Crippen molar-refractivity contribution in [1.29, 1.82) is 0 Å². The van der Waals surface area contributed by atoms with Gasteiger partial charge in [-0.3, -0.25) is 4.79 Å². The zero-order chi connectivity index (χ0) is 8.81. The highest BCUT2D eigenvalue weighted by Gasteiger charge is 2.20. The van der Waals surface area contributed by atoms with Gasteiger partial charge in [0.25, 0.3) is 0 Å². The highest BCUT2D eigenvalue weighted by atomic mass is 16.5. The summed E-state index contributed by atoms with van der Waals surface area (Å²) in [6.45, 7) is 2.15. The molecular formula is C8H16N2O2. The average molecular weight is 172 g/mol. The Bertz CT molecular complexity index is 144. The van der Waals surface area contributed by atoms with Crippen LogP contribution in [0.2, 0.25) is 0 Å². The molecule has 0 radical (unpaired) electrons. The summed E-state index contributed by atoms with van der Waals surface area (Å²) in [7, 11) is 1.62. The van der Waals surface area contributed by atoms with Crippen LogP contribution in [-0.4, -0.2) is 38.8 Å². The number of rotatable bonds is 4. The molecule has 0 aliphatic carbocycles. The highest BCUT2D eigenvalue weighted by molar-refractivity contribution is 5.81. The zero-order valence-corrected chi connectivity index (χ0v) is 7.43. The van der Waals surface area contributed by atoms with E-state index >= 15 is 0 Å². The van der Waals surface area contributed by atoms with E-state index in [2.05, 4.69) is 10.6 Å². The average Bonchev–Trinajstić information content (AvgIpc) is 2.56. The SMILES string of the molecule is COCCNC(=O)[C@H]1CCCN1. The summed E-state index contributed by atoms with van der Waals surface area (Å²) in [6.07, 6.45) is 2.06. The molecule has 0 saturated carbocycles. The summed E-state index contributed by atoms with van der Waals surface area (Å²) in [5, 5.41) is 5.93. The van der Waals surface area contributed by atoms with Gasteiger partial charge in [-0.15, -0.1) is 0 Å². The van der Waals surface area contributed by atoms with Crippen molar-refractivity contribution in [1.82, 2.24) is 10.6 Å². The predicted molar refractivity (Wildman–Crippen MR) is 45.9 cm³/mol. The van der Waals surface area contributed by atoms with Crippen molar-refractivity contribution in [2.24, 2.45) is 0 Å². The van der Waals surface area contributed by atoms with E-state index in [1.165, 1.54) is 0 Å². The van der Waals surface area contributed by atoms with Crippen LogP contribution in [0, 0.1) is 0 Å². The van der Waals surface area contributed by atoms with Gasteiger partial charge in [0.05, 0.1) is 12.6 Å². The first-order chi connectivity index (χ1) is 5.84. The number of carbonyl (C=O) groups is 1. The summed E-state index contributed by atoms with van der Waals surface area (Å²) < 4.78 is 4.82. The smallest absolute Gasteiger partial charge is 0.237 e. The molecule has 4 nitrogen and oxygen atoms in total. The lowest BCUT2D eigenvalue weighted by molar-refractivity contribution is -0.122. The summed E-state index contributed by atoms with van der Waals surface area (Å²) >= 11 is 0. The molecular weight excluding hydrogens is 156 g/mol. The summed E-state index contributed by atoms with van der Waals surface area (Å²) in [5.41, 5.74) is 0. The summed E-state index contributed by atoms with van der Waals surface area (Å²) in [6, 6.07) is 0.0295. The standard InChI is InChI=1S/C8H16N2O2/c1-12-6-5-10-8(11)7-3-2-4-9-7/h7,9H,2-6H2,1H3,(H,10,11)/t7-/m1/s1. The fraction of sp³-hybridized carbons (Fsp3) is 0.875. The van der Waals surface area contributed by atoms with Crippen molar-refractivity contribution in [2.75, 3.05) is 26.8 Å². The predicted octanol–water partition coefficient (Wildman–Crippen LogP) is -0.499. The Morgan fingerprint density at radius 1 is 1.75 bits per heavy atom. The third-order valence-electron chi connectivity index (χ3n) is 1.98. The number of carbonyl (C=O) groups excluding carboxylic acids is 1. The number of nitrogens with one attached hydrogen (secondary N) is 2. The number of amides is 1. The Morgan fingerprint density at radius 2 is 2.58 bits per heavy atom. The Morgan fingerprint density at radius 3 is 3.17 bits per heavy atom. The third kappa shape index (κ3) is 2.79. The van der Waals surface area contributed by atoms with E-state index in [1.54, 1.807) is 7.11 Å². The molecule has 1 atom stereocenters. The van der Waals surface area contributed by atoms with E-state index in [-0.39, 0.29) is 11.9 Å². The molecule has 0 bridgehead atoms. The van der Waals surface area contributed by atoms with Gasteiger partial charge >= 0.3 is 0 Å². The number of hydrogen-bond donors (Lipinski definition) is 2. The minimum Gasteiger partial charge on any atom is -0.383 e. The lowest BCUT2D eigenvalue weighted by Gasteiger charge is -2.09. The Labute approximate surface area is 72.7 Å². The molecule has 70 valence electrons. The largest absolute Gasteiger partial charge is 0.383 e. The van der Waals surface area contributed by atoms with Crippen LogP contribution in [0.5, 0.6) is 0 Å². The first-order valence-electron chi connectivity index (χ1n) is 4.34. The van der Waals surface area contributed by atoms with Crippen LogP contribution < -0.4 is 10.6 Å². The topological polar surface area (TPSA) is 50.4 Å². The van der Waals surface area contributed by atoms with E-state index in [9.17, 15) is 4.79 Å². The van der Waals surface area contributed by atoms with Crippen LogP contribution in [0.3, 0.4) is 0 Å². The molecule has 1 aliphatic rings. The molecule has 1 rings (SSSR count). The third-order valence-corrected chi connectivity index (χ3v) is 1.98. The maximum atomic E-state index is 11.3. The van der Waals surface area contributed by atoms with Crippen LogP contribution in [-0.2, 0) is 9.53 Å². The minimum atomic E-state index is 0.0295. The van der Waals surface area contributed by atoms with Crippen LogP contribution in [0.25, 0.3) is 0 Å². The second kappa shape index (κ2) is 5.11. The molecule has 0 aromatic heterocycles. The lowest BCUT2D eigenvalue weighted by Crippen LogP contribution is -2.41. The minimum absolute atomic E-state index is 0.0295. The zero-order valence-electron chi connectivity index (χ0n) is 7.43. The van der Waals surface area contributed by atoms with Gasteiger partial charge in [0, 0.05) is 13.7 Å². The number of methoxy groups -OCH3 is 1. The van der Waals surface area contributed by atoms with Crippen molar-refractivity contribution in [3.63, 3.8) is 0 Å². The summed E-state index contributed by atoms with van der Waals surface area (Å²) in [4.78, 5) is 11.3. The van der Waals surface area contributed by atoms with E-state index in [1.807, 2.05) is 0 Å². The Balaban J connectivity index is 2.10. The fourth-order valence-corrected chi connectivity index (χ4v) is 1.31. The van der Waals surface area contributed by atoms with E-state index in [0.29, 0.717) is 13.2 Å². The van der Waals surface area contributed by atoms with Crippen LogP contribution in [0.15, 0.2) is 0 Å². The van der Waals surface area contributed by atoms with Crippen LogP contribution >= 0.6 is 0 Å². The number of ether oxygens (including phenoxy) is 1. The molecule has 0 spiro atoms. The number of hydrogen-bond acceptors (Lipinski definition) is 3. The normalized spacial score (nSPS) is 22.6. The molecule has 12 heavy (non-hydrogen) atoms. The van der Waals surface area contributed by atoms with Crippen molar-refractivity contribution < 1.29 is 9.53 Å². The van der Waals surface area contributed by atoms with Crippen molar-refractivity contribution >= 4 is 5.91 Å². The van der Waals surface area contributed by atoms with Crippen LogP contribution in [0.4, 0.5) is 0 Å². The van der Waals surface area contributed by atoms with Gasteiger partial charge in [-0.2, -0.15) is 0 Å². The van der Waals surface area contributed by atoms with Gasteiger partial charge in [-0.05, 0) is 19.4 Å². The Hall–Kier alpha value is -0.610. The molecule has 2 N–H and O–H groups in total. The van der Waals surface area contributed by atoms with Crippen LogP contribution in [0.1, 0.15) is 12.8 Å². The van der Waals surface area contributed by atoms with Gasteiger partial charge in [0.2, 0.25) is 5.91 Å². The van der Waals surface area contributed by atoms with Crippen molar-refractivity contribution in [3.05, 3.63) is 0 Å². The molecule has 1 heterocycles. The first kappa shape index (κ1) is 9.48.